The first-order valence-electron chi connectivity index (χ1n) is 15.9. The third-order valence-corrected chi connectivity index (χ3v) is 9.48. The number of allylic oxidation sites excluding steroid dienone is 1. The predicted molar refractivity (Wildman–Crippen MR) is 192 cm³/mol. The molecule has 0 saturated heterocycles. The van der Waals surface area contributed by atoms with Crippen molar-refractivity contribution in [3.05, 3.63) is 151 Å². The molecule has 5 aromatic carbocycles. The molecule has 10 rings (SSSR count). The van der Waals surface area contributed by atoms with Crippen molar-refractivity contribution in [2.24, 2.45) is 4.99 Å². The second-order valence-electron chi connectivity index (χ2n) is 12.2. The van der Waals surface area contributed by atoms with Crippen molar-refractivity contribution in [1.29, 1.82) is 0 Å². The minimum atomic E-state index is 0.152. The molecule has 9 aromatic rings. The SMILES string of the molecule is C1=CC(c2cccc(-c3nc4ccccc4c4c3ccc3c5ccccc5oc34)c2)CN=C1c1cc2cccnc2c2ncccc12. The van der Waals surface area contributed by atoms with Gasteiger partial charge >= 0.3 is 0 Å². The summed E-state index contributed by atoms with van der Waals surface area (Å²) < 4.78 is 6.52. The molecule has 1 aliphatic heterocycles. The summed E-state index contributed by atoms with van der Waals surface area (Å²) in [6.07, 6.45) is 8.09. The van der Waals surface area contributed by atoms with Crippen molar-refractivity contribution in [2.75, 3.05) is 6.54 Å². The Hall–Kier alpha value is -6.20. The number of pyridine rings is 3. The Bertz CT molecular complexity index is 2790. The van der Waals surface area contributed by atoms with Gasteiger partial charge < -0.3 is 4.42 Å². The Kier molecular flexibility index (Phi) is 5.63. The topological polar surface area (TPSA) is 64.2 Å². The molecular weight excluding hydrogens is 576 g/mol. The smallest absolute Gasteiger partial charge is 0.144 e. The van der Waals surface area contributed by atoms with Gasteiger partial charge in [-0.3, -0.25) is 15.0 Å². The van der Waals surface area contributed by atoms with E-state index in [-0.39, 0.29) is 5.92 Å². The summed E-state index contributed by atoms with van der Waals surface area (Å²) in [6.45, 7) is 0.660. The zero-order valence-corrected chi connectivity index (χ0v) is 25.3. The number of nitrogens with zero attached hydrogens (tertiary/aromatic N) is 4. The molecule has 0 aliphatic carbocycles. The molecule has 0 spiro atoms. The normalized spacial score (nSPS) is 15.0. The van der Waals surface area contributed by atoms with Gasteiger partial charge in [0.2, 0.25) is 0 Å². The number of aliphatic imine (C=N–C) groups is 1. The molecule has 47 heavy (non-hydrogen) atoms. The fourth-order valence-corrected chi connectivity index (χ4v) is 7.25. The summed E-state index contributed by atoms with van der Waals surface area (Å²) in [7, 11) is 0. The van der Waals surface area contributed by atoms with Gasteiger partial charge in [0.25, 0.3) is 0 Å². The van der Waals surface area contributed by atoms with Crippen LogP contribution in [0.25, 0.3) is 76.7 Å². The quantitative estimate of drug-likeness (QED) is 0.189. The molecule has 0 fully saturated rings. The van der Waals surface area contributed by atoms with Crippen LogP contribution >= 0.6 is 0 Å². The van der Waals surface area contributed by atoms with E-state index in [1.807, 2.05) is 42.7 Å². The molecule has 0 bridgehead atoms. The number of fused-ring (bicyclic) bond motifs is 10. The molecule has 5 heterocycles. The van der Waals surface area contributed by atoms with E-state index in [4.69, 9.17) is 14.4 Å². The van der Waals surface area contributed by atoms with Crippen molar-refractivity contribution in [3.63, 3.8) is 0 Å². The summed E-state index contributed by atoms with van der Waals surface area (Å²) in [6, 6.07) is 40.1. The molecule has 1 unspecified atom stereocenters. The average Bonchev–Trinajstić information content (AvgIpc) is 3.53. The van der Waals surface area contributed by atoms with Crippen LogP contribution in [0.15, 0.2) is 149 Å². The number of hydrogen-bond donors (Lipinski definition) is 0. The molecule has 1 aliphatic rings. The van der Waals surface area contributed by atoms with E-state index < -0.39 is 0 Å². The summed E-state index contributed by atoms with van der Waals surface area (Å²) in [5.41, 5.74) is 9.87. The zero-order chi connectivity index (χ0) is 30.9. The molecule has 0 saturated carbocycles. The first kappa shape index (κ1) is 26.1. The van der Waals surface area contributed by atoms with Crippen molar-refractivity contribution in [2.45, 2.75) is 5.92 Å². The van der Waals surface area contributed by atoms with Gasteiger partial charge in [-0.25, -0.2) is 4.98 Å². The van der Waals surface area contributed by atoms with Crippen LogP contribution in [0.3, 0.4) is 0 Å². The molecule has 0 N–H and O–H groups in total. The number of para-hydroxylation sites is 2. The zero-order valence-electron chi connectivity index (χ0n) is 25.3. The molecular formula is C42H26N4O. The fourth-order valence-electron chi connectivity index (χ4n) is 7.25. The Balaban J connectivity index is 1.07. The van der Waals surface area contributed by atoms with Crippen LogP contribution in [0.4, 0.5) is 0 Å². The van der Waals surface area contributed by atoms with E-state index in [2.05, 4.69) is 107 Å². The van der Waals surface area contributed by atoms with Crippen molar-refractivity contribution in [3.8, 4) is 11.3 Å². The van der Waals surface area contributed by atoms with E-state index in [1.165, 1.54) is 5.56 Å². The van der Waals surface area contributed by atoms with Gasteiger partial charge in [0.1, 0.15) is 11.2 Å². The number of rotatable bonds is 3. The van der Waals surface area contributed by atoms with Crippen LogP contribution in [0, 0.1) is 0 Å². The number of furan rings is 1. The van der Waals surface area contributed by atoms with Gasteiger partial charge in [-0.1, -0.05) is 78.9 Å². The van der Waals surface area contributed by atoms with Gasteiger partial charge in [0, 0.05) is 73.7 Å². The maximum atomic E-state index is 6.52. The highest BCUT2D eigenvalue weighted by molar-refractivity contribution is 6.25. The van der Waals surface area contributed by atoms with Crippen LogP contribution in [0.2, 0.25) is 0 Å². The third kappa shape index (κ3) is 4.03. The minimum Gasteiger partial charge on any atom is -0.455 e. The van der Waals surface area contributed by atoms with Gasteiger partial charge in [0.05, 0.1) is 28.0 Å². The lowest BCUT2D eigenvalue weighted by molar-refractivity contribution is 0.673. The lowest BCUT2D eigenvalue weighted by Crippen LogP contribution is -2.11. The van der Waals surface area contributed by atoms with Gasteiger partial charge in [-0.2, -0.15) is 0 Å². The summed E-state index contributed by atoms with van der Waals surface area (Å²) >= 11 is 0. The number of aromatic nitrogens is 3. The summed E-state index contributed by atoms with van der Waals surface area (Å²) in [5, 5.41) is 7.65. The monoisotopic (exact) mass is 602 g/mol. The number of hydrogen-bond acceptors (Lipinski definition) is 5. The standard InChI is InChI=1S/C42H26N4O/c1-3-14-36-32(12-1)38-33(18-17-31-29-11-2-4-15-37(29)47-42(31)38)39(46-36)26-9-5-8-25(22-26)28-16-19-35(45-24-28)34-23-27-10-6-20-43-40(27)41-30(34)13-7-21-44-41/h1-23,28H,24H2. The Morgan fingerprint density at radius 3 is 2.36 bits per heavy atom. The molecule has 0 amide bonds. The highest BCUT2D eigenvalue weighted by Gasteiger charge is 2.20. The summed E-state index contributed by atoms with van der Waals surface area (Å²) in [4.78, 5) is 19.6. The van der Waals surface area contributed by atoms with E-state index in [0.29, 0.717) is 6.54 Å². The Labute approximate surface area is 269 Å². The molecule has 5 heteroatoms. The second-order valence-corrected chi connectivity index (χ2v) is 12.2. The first-order valence-corrected chi connectivity index (χ1v) is 15.9. The van der Waals surface area contributed by atoms with E-state index in [9.17, 15) is 0 Å². The molecule has 1 atom stereocenters. The van der Waals surface area contributed by atoms with Gasteiger partial charge in [-0.15, -0.1) is 0 Å². The highest BCUT2D eigenvalue weighted by atomic mass is 16.3. The van der Waals surface area contributed by atoms with E-state index >= 15 is 0 Å². The lowest BCUT2D eigenvalue weighted by Gasteiger charge is -2.18. The third-order valence-electron chi connectivity index (χ3n) is 9.48. The number of dihydropyridines is 1. The predicted octanol–water partition coefficient (Wildman–Crippen LogP) is 10.2. The average molecular weight is 603 g/mol. The van der Waals surface area contributed by atoms with Crippen LogP contribution in [0.5, 0.6) is 0 Å². The van der Waals surface area contributed by atoms with Gasteiger partial charge in [-0.05, 0) is 54.1 Å². The van der Waals surface area contributed by atoms with Crippen LogP contribution in [-0.4, -0.2) is 27.2 Å². The lowest BCUT2D eigenvalue weighted by atomic mass is 9.91. The van der Waals surface area contributed by atoms with Crippen molar-refractivity contribution >= 4 is 71.1 Å². The Morgan fingerprint density at radius 1 is 0.638 bits per heavy atom. The largest absolute Gasteiger partial charge is 0.455 e. The molecule has 5 nitrogen and oxygen atoms in total. The van der Waals surface area contributed by atoms with Crippen LogP contribution in [0.1, 0.15) is 17.0 Å². The van der Waals surface area contributed by atoms with Crippen molar-refractivity contribution < 1.29 is 4.42 Å². The molecule has 0 radical (unpaired) electrons. The second kappa shape index (κ2) is 10.2. The van der Waals surface area contributed by atoms with Crippen molar-refractivity contribution in [1.82, 2.24) is 15.0 Å². The minimum absolute atomic E-state index is 0.152. The maximum Gasteiger partial charge on any atom is 0.144 e. The molecule has 4 aromatic heterocycles. The number of benzene rings is 5. The highest BCUT2D eigenvalue weighted by Crippen LogP contribution is 2.41. The van der Waals surface area contributed by atoms with E-state index in [0.717, 1.165) is 88.0 Å². The first-order chi connectivity index (χ1) is 23.3. The summed E-state index contributed by atoms with van der Waals surface area (Å²) in [5.74, 6) is 0.152. The molecule has 220 valence electrons. The Morgan fingerprint density at radius 2 is 1.45 bits per heavy atom. The van der Waals surface area contributed by atoms with Crippen LogP contribution in [-0.2, 0) is 0 Å². The maximum absolute atomic E-state index is 6.52. The fraction of sp³-hybridized carbons (Fsp3) is 0.0476. The van der Waals surface area contributed by atoms with Gasteiger partial charge in [0.15, 0.2) is 0 Å². The van der Waals surface area contributed by atoms with Crippen LogP contribution < -0.4 is 0 Å². The van der Waals surface area contributed by atoms with E-state index in [1.54, 1.807) is 0 Å².